The second-order valence-electron chi connectivity index (χ2n) is 7.76. The fraction of sp³-hybridized carbons (Fsp3) is 0.227. The number of carbonyl (C=O) groups is 1. The summed E-state index contributed by atoms with van der Waals surface area (Å²) in [6.45, 7) is 3.78. The van der Waals surface area contributed by atoms with Crippen molar-refractivity contribution >= 4 is 40.3 Å². The summed E-state index contributed by atoms with van der Waals surface area (Å²) in [5, 5.41) is 27.9. The highest BCUT2D eigenvalue weighted by molar-refractivity contribution is 6.05. The van der Waals surface area contributed by atoms with Crippen molar-refractivity contribution in [3.63, 3.8) is 0 Å². The first-order valence-corrected chi connectivity index (χ1v) is 10.5. The number of non-ortho nitro benzene ring substituents is 2. The fourth-order valence-electron chi connectivity index (χ4n) is 3.65. The Morgan fingerprint density at radius 1 is 0.912 bits per heavy atom. The van der Waals surface area contributed by atoms with Crippen LogP contribution in [-0.2, 0) is 0 Å². The Bertz CT molecular complexity index is 1220. The lowest BCUT2D eigenvalue weighted by Crippen LogP contribution is -2.19. The number of amides is 1. The summed E-state index contributed by atoms with van der Waals surface area (Å²) >= 11 is 0. The minimum Gasteiger partial charge on any atom is -0.356 e. The normalized spacial score (nSPS) is 12.9. The molecule has 4 rings (SSSR count). The van der Waals surface area contributed by atoms with Crippen molar-refractivity contribution in [2.75, 3.05) is 28.6 Å². The largest absolute Gasteiger partial charge is 0.356 e. The highest BCUT2D eigenvalue weighted by atomic mass is 16.6. The van der Waals surface area contributed by atoms with Crippen LogP contribution in [0, 0.1) is 27.2 Å². The highest BCUT2D eigenvalue weighted by Gasteiger charge is 2.20. The lowest BCUT2D eigenvalue weighted by atomic mass is 10.1. The molecule has 1 aromatic heterocycles. The first kappa shape index (κ1) is 22.6. The Hall–Kier alpha value is -4.61. The number of carbonyl (C=O) groups excluding carboxylic acids is 1. The summed E-state index contributed by atoms with van der Waals surface area (Å²) in [5.74, 6) is 1.48. The van der Waals surface area contributed by atoms with Crippen molar-refractivity contribution in [2.45, 2.75) is 19.8 Å². The molecule has 1 amide bonds. The summed E-state index contributed by atoms with van der Waals surface area (Å²) in [6.07, 6.45) is 2.28. The molecule has 1 saturated heterocycles. The molecule has 12 nitrogen and oxygen atoms in total. The van der Waals surface area contributed by atoms with Crippen molar-refractivity contribution in [1.82, 2.24) is 9.97 Å². The van der Waals surface area contributed by atoms with Crippen LogP contribution in [0.1, 0.15) is 29.0 Å². The maximum Gasteiger partial charge on any atom is 0.277 e. The van der Waals surface area contributed by atoms with Gasteiger partial charge in [-0.2, -0.15) is 0 Å². The van der Waals surface area contributed by atoms with Crippen LogP contribution >= 0.6 is 0 Å². The highest BCUT2D eigenvalue weighted by Crippen LogP contribution is 2.25. The third-order valence-corrected chi connectivity index (χ3v) is 5.26. The standard InChI is InChI=1S/C22H21N7O5/c1-14-23-20(13-21(24-14)27-8-2-3-9-27)25-16-4-6-17(7-5-16)26-22(30)15-10-18(28(31)32)12-19(11-15)29(33)34/h4-7,10-13H,2-3,8-9H2,1H3,(H,26,30)(H,23,24,25). The van der Waals surface area contributed by atoms with Gasteiger partial charge in [-0.1, -0.05) is 0 Å². The zero-order valence-electron chi connectivity index (χ0n) is 18.2. The molecule has 2 aromatic carbocycles. The summed E-state index contributed by atoms with van der Waals surface area (Å²) < 4.78 is 0. The van der Waals surface area contributed by atoms with Gasteiger partial charge in [0, 0.05) is 42.7 Å². The van der Waals surface area contributed by atoms with Crippen LogP contribution in [0.5, 0.6) is 0 Å². The van der Waals surface area contributed by atoms with Gasteiger partial charge in [-0.15, -0.1) is 0 Å². The Morgan fingerprint density at radius 3 is 2.09 bits per heavy atom. The summed E-state index contributed by atoms with van der Waals surface area (Å²) in [5.41, 5.74) is -0.107. The van der Waals surface area contributed by atoms with Crippen LogP contribution in [0.15, 0.2) is 48.5 Å². The Morgan fingerprint density at radius 2 is 1.50 bits per heavy atom. The molecule has 0 spiro atoms. The number of benzene rings is 2. The van der Waals surface area contributed by atoms with Gasteiger partial charge in [0.1, 0.15) is 17.5 Å². The van der Waals surface area contributed by atoms with Gasteiger partial charge >= 0.3 is 0 Å². The molecule has 0 aliphatic carbocycles. The van der Waals surface area contributed by atoms with Crippen LogP contribution in [0.25, 0.3) is 0 Å². The number of aromatic nitrogens is 2. The third kappa shape index (κ3) is 5.23. The number of hydrogen-bond donors (Lipinski definition) is 2. The fourth-order valence-corrected chi connectivity index (χ4v) is 3.65. The van der Waals surface area contributed by atoms with E-state index in [2.05, 4.69) is 25.5 Å². The summed E-state index contributed by atoms with van der Waals surface area (Å²) in [7, 11) is 0. The van der Waals surface area contributed by atoms with Crippen molar-refractivity contribution in [1.29, 1.82) is 0 Å². The van der Waals surface area contributed by atoms with E-state index in [1.807, 2.05) is 13.0 Å². The molecular weight excluding hydrogens is 442 g/mol. The average Bonchev–Trinajstić information content (AvgIpc) is 3.35. The molecule has 0 saturated carbocycles. The van der Waals surface area contributed by atoms with Gasteiger partial charge in [-0.05, 0) is 44.0 Å². The number of nitrogens with zero attached hydrogens (tertiary/aromatic N) is 5. The topological polar surface area (TPSA) is 156 Å². The molecule has 3 aromatic rings. The number of hydrogen-bond acceptors (Lipinski definition) is 9. The van der Waals surface area contributed by atoms with E-state index < -0.39 is 27.1 Å². The monoisotopic (exact) mass is 463 g/mol. The van der Waals surface area contributed by atoms with Crippen molar-refractivity contribution in [2.24, 2.45) is 0 Å². The zero-order valence-corrected chi connectivity index (χ0v) is 18.2. The number of nitro benzene ring substituents is 2. The summed E-state index contributed by atoms with van der Waals surface area (Å²) in [6, 6.07) is 11.4. The Balaban J connectivity index is 1.47. The molecule has 0 unspecified atom stereocenters. The predicted octanol–water partition coefficient (Wildman–Crippen LogP) is 4.20. The van der Waals surface area contributed by atoms with E-state index in [0.717, 1.165) is 55.6 Å². The first-order valence-electron chi connectivity index (χ1n) is 10.5. The van der Waals surface area contributed by atoms with Crippen molar-refractivity contribution in [3.05, 3.63) is 80.1 Å². The smallest absolute Gasteiger partial charge is 0.277 e. The molecular formula is C22H21N7O5. The van der Waals surface area contributed by atoms with Crippen LogP contribution in [-0.4, -0.2) is 38.8 Å². The molecule has 0 bridgehead atoms. The van der Waals surface area contributed by atoms with Crippen LogP contribution in [0.3, 0.4) is 0 Å². The SMILES string of the molecule is Cc1nc(Nc2ccc(NC(=O)c3cc([N+](=O)[O-])cc([N+](=O)[O-])c3)cc2)cc(N2CCCC2)n1. The number of aryl methyl sites for hydroxylation is 1. The lowest BCUT2D eigenvalue weighted by molar-refractivity contribution is -0.394. The van der Waals surface area contributed by atoms with Crippen LogP contribution in [0.2, 0.25) is 0 Å². The molecule has 2 N–H and O–H groups in total. The minimum atomic E-state index is -0.783. The lowest BCUT2D eigenvalue weighted by Gasteiger charge is -2.18. The van der Waals surface area contributed by atoms with E-state index in [-0.39, 0.29) is 5.56 Å². The van der Waals surface area contributed by atoms with Gasteiger partial charge in [-0.3, -0.25) is 25.0 Å². The number of nitro groups is 2. The van der Waals surface area contributed by atoms with E-state index in [9.17, 15) is 25.0 Å². The second-order valence-corrected chi connectivity index (χ2v) is 7.76. The van der Waals surface area contributed by atoms with Gasteiger partial charge in [-0.25, -0.2) is 9.97 Å². The predicted molar refractivity (Wildman–Crippen MR) is 126 cm³/mol. The van der Waals surface area contributed by atoms with Crippen molar-refractivity contribution < 1.29 is 14.6 Å². The minimum absolute atomic E-state index is 0.186. The van der Waals surface area contributed by atoms with Gasteiger partial charge in [0.25, 0.3) is 17.3 Å². The van der Waals surface area contributed by atoms with E-state index in [1.54, 1.807) is 24.3 Å². The zero-order chi connectivity index (χ0) is 24.2. The molecule has 12 heteroatoms. The van der Waals surface area contributed by atoms with E-state index >= 15 is 0 Å². The van der Waals surface area contributed by atoms with Gasteiger partial charge in [0.15, 0.2) is 0 Å². The van der Waals surface area contributed by atoms with E-state index in [4.69, 9.17) is 0 Å². The van der Waals surface area contributed by atoms with Gasteiger partial charge in [0.2, 0.25) is 0 Å². The quantitative estimate of drug-likeness (QED) is 0.387. The molecule has 34 heavy (non-hydrogen) atoms. The summed E-state index contributed by atoms with van der Waals surface area (Å²) in [4.78, 5) is 44.2. The first-order chi connectivity index (χ1) is 16.3. The number of nitrogens with one attached hydrogen (secondary N) is 2. The molecule has 1 aliphatic rings. The number of anilines is 4. The van der Waals surface area contributed by atoms with Crippen molar-refractivity contribution in [3.8, 4) is 0 Å². The van der Waals surface area contributed by atoms with Gasteiger partial charge < -0.3 is 15.5 Å². The maximum absolute atomic E-state index is 12.5. The molecule has 1 aliphatic heterocycles. The van der Waals surface area contributed by atoms with Crippen LogP contribution in [0.4, 0.5) is 34.4 Å². The van der Waals surface area contributed by atoms with E-state index in [0.29, 0.717) is 17.3 Å². The molecule has 0 atom stereocenters. The van der Waals surface area contributed by atoms with Gasteiger partial charge in [0.05, 0.1) is 21.5 Å². The Kier molecular flexibility index (Phi) is 6.30. The Labute approximate surface area is 193 Å². The average molecular weight is 463 g/mol. The molecule has 2 heterocycles. The number of rotatable bonds is 7. The molecule has 1 fully saturated rings. The second kappa shape index (κ2) is 9.48. The van der Waals surface area contributed by atoms with Crippen LogP contribution < -0.4 is 15.5 Å². The molecule has 0 radical (unpaired) electrons. The maximum atomic E-state index is 12.5. The third-order valence-electron chi connectivity index (χ3n) is 5.26. The molecule has 174 valence electrons. The van der Waals surface area contributed by atoms with E-state index in [1.165, 1.54) is 0 Å².